The molecule has 132 valence electrons. The van der Waals surface area contributed by atoms with Crippen LogP contribution in [0.5, 0.6) is 0 Å². The number of hydrogen-bond acceptors (Lipinski definition) is 4. The molecule has 5 nitrogen and oxygen atoms in total. The second-order valence-corrected chi connectivity index (χ2v) is 8.58. The summed E-state index contributed by atoms with van der Waals surface area (Å²) >= 11 is 0. The third-order valence-electron chi connectivity index (χ3n) is 4.52. The molecular formula is C19H22N2O3S. The van der Waals surface area contributed by atoms with E-state index in [4.69, 9.17) is 0 Å². The second kappa shape index (κ2) is 6.52. The third kappa shape index (κ3) is 3.54. The van der Waals surface area contributed by atoms with Crippen LogP contribution in [0.2, 0.25) is 0 Å². The van der Waals surface area contributed by atoms with Crippen LogP contribution in [-0.4, -0.2) is 46.1 Å². The monoisotopic (exact) mass is 358 g/mol. The van der Waals surface area contributed by atoms with Crippen LogP contribution < -0.4 is 4.90 Å². The number of sulfone groups is 1. The average Bonchev–Trinajstić information content (AvgIpc) is 2.59. The first-order valence-corrected chi connectivity index (χ1v) is 10.0. The Morgan fingerprint density at radius 3 is 2.48 bits per heavy atom. The number of rotatable bonds is 3. The van der Waals surface area contributed by atoms with E-state index < -0.39 is 9.84 Å². The Morgan fingerprint density at radius 1 is 1.08 bits per heavy atom. The molecule has 0 saturated heterocycles. The van der Waals surface area contributed by atoms with Gasteiger partial charge in [0.05, 0.1) is 10.5 Å². The fourth-order valence-corrected chi connectivity index (χ4v) is 4.01. The summed E-state index contributed by atoms with van der Waals surface area (Å²) in [6.45, 7) is 1.08. The van der Waals surface area contributed by atoms with Crippen LogP contribution >= 0.6 is 0 Å². The summed E-state index contributed by atoms with van der Waals surface area (Å²) in [6, 6.07) is 12.7. The summed E-state index contributed by atoms with van der Waals surface area (Å²) in [5.41, 5.74) is 3.69. The topological polar surface area (TPSA) is 57.7 Å². The van der Waals surface area contributed by atoms with E-state index in [9.17, 15) is 13.2 Å². The van der Waals surface area contributed by atoms with Gasteiger partial charge in [0.2, 0.25) is 0 Å². The number of anilines is 1. The number of fused-ring (bicyclic) bond motifs is 1. The van der Waals surface area contributed by atoms with Crippen LogP contribution in [0.1, 0.15) is 21.5 Å². The highest BCUT2D eigenvalue weighted by Crippen LogP contribution is 2.26. The Morgan fingerprint density at radius 2 is 1.80 bits per heavy atom. The molecule has 25 heavy (non-hydrogen) atoms. The van der Waals surface area contributed by atoms with Gasteiger partial charge in [0.25, 0.3) is 5.91 Å². The van der Waals surface area contributed by atoms with Crippen LogP contribution in [0.3, 0.4) is 0 Å². The minimum Gasteiger partial charge on any atom is -0.378 e. The van der Waals surface area contributed by atoms with Crippen molar-refractivity contribution in [3.8, 4) is 0 Å². The Labute approximate surface area is 148 Å². The normalized spacial score (nSPS) is 14.1. The lowest BCUT2D eigenvalue weighted by atomic mass is 9.98. The van der Waals surface area contributed by atoms with Crippen molar-refractivity contribution in [1.29, 1.82) is 0 Å². The van der Waals surface area contributed by atoms with Crippen molar-refractivity contribution in [2.75, 3.05) is 31.8 Å². The van der Waals surface area contributed by atoms with Gasteiger partial charge in [0.15, 0.2) is 9.84 Å². The van der Waals surface area contributed by atoms with Crippen molar-refractivity contribution in [1.82, 2.24) is 4.90 Å². The molecule has 2 aromatic rings. The number of benzene rings is 2. The van der Waals surface area contributed by atoms with Crippen molar-refractivity contribution in [3.63, 3.8) is 0 Å². The smallest absolute Gasteiger partial charge is 0.255 e. The molecule has 0 N–H and O–H groups in total. The zero-order valence-corrected chi connectivity index (χ0v) is 15.5. The molecule has 0 fully saturated rings. The number of hydrogen-bond donors (Lipinski definition) is 0. The second-order valence-electron chi connectivity index (χ2n) is 6.59. The molecule has 1 aliphatic heterocycles. The van der Waals surface area contributed by atoms with E-state index in [1.807, 2.05) is 19.0 Å². The predicted molar refractivity (Wildman–Crippen MR) is 98.8 cm³/mol. The molecule has 6 heteroatoms. The van der Waals surface area contributed by atoms with E-state index in [0.717, 1.165) is 23.9 Å². The van der Waals surface area contributed by atoms with Gasteiger partial charge in [0, 0.05) is 39.1 Å². The van der Waals surface area contributed by atoms with Crippen LogP contribution in [-0.2, 0) is 22.8 Å². The number of amides is 1. The molecular weight excluding hydrogens is 336 g/mol. The first-order chi connectivity index (χ1) is 11.8. The lowest BCUT2D eigenvalue weighted by molar-refractivity contribution is 0.0731. The van der Waals surface area contributed by atoms with Crippen molar-refractivity contribution in [2.45, 2.75) is 17.9 Å². The number of nitrogens with zero attached hydrogens (tertiary/aromatic N) is 2. The van der Waals surface area contributed by atoms with Crippen LogP contribution in [0.4, 0.5) is 5.69 Å². The maximum Gasteiger partial charge on any atom is 0.255 e. The maximum atomic E-state index is 12.9. The fraction of sp³-hybridized carbons (Fsp3) is 0.316. The van der Waals surface area contributed by atoms with E-state index in [-0.39, 0.29) is 16.4 Å². The first-order valence-electron chi connectivity index (χ1n) is 8.15. The summed E-state index contributed by atoms with van der Waals surface area (Å²) < 4.78 is 24.0. The van der Waals surface area contributed by atoms with Gasteiger partial charge in [-0.25, -0.2) is 8.42 Å². The van der Waals surface area contributed by atoms with Crippen molar-refractivity contribution in [3.05, 3.63) is 59.2 Å². The molecule has 3 rings (SSSR count). The molecule has 0 aromatic heterocycles. The lowest BCUT2D eigenvalue weighted by Crippen LogP contribution is -2.36. The van der Waals surface area contributed by atoms with E-state index >= 15 is 0 Å². The first kappa shape index (κ1) is 17.5. The maximum absolute atomic E-state index is 12.9. The Bertz CT molecular complexity index is 920. The molecule has 0 saturated carbocycles. The molecule has 0 radical (unpaired) electrons. The van der Waals surface area contributed by atoms with Crippen molar-refractivity contribution in [2.24, 2.45) is 0 Å². The molecule has 0 aliphatic carbocycles. The molecule has 1 heterocycles. The van der Waals surface area contributed by atoms with E-state index in [1.54, 1.807) is 23.1 Å². The largest absolute Gasteiger partial charge is 0.378 e. The summed E-state index contributed by atoms with van der Waals surface area (Å²) in [5.74, 6) is -0.234. The Kier molecular flexibility index (Phi) is 4.56. The van der Waals surface area contributed by atoms with Gasteiger partial charge in [-0.2, -0.15) is 0 Å². The van der Waals surface area contributed by atoms with Gasteiger partial charge in [0.1, 0.15) is 0 Å². The van der Waals surface area contributed by atoms with E-state index in [2.05, 4.69) is 18.2 Å². The highest BCUT2D eigenvalue weighted by Gasteiger charge is 2.26. The van der Waals surface area contributed by atoms with Crippen molar-refractivity contribution >= 4 is 21.4 Å². The highest BCUT2D eigenvalue weighted by molar-refractivity contribution is 7.90. The Balaban J connectivity index is 1.92. The number of carbonyl (C=O) groups is 1. The number of carbonyl (C=O) groups excluding carboxylic acids is 1. The molecule has 0 spiro atoms. The van der Waals surface area contributed by atoms with Crippen LogP contribution in [0.15, 0.2) is 47.4 Å². The SMILES string of the molecule is CN(C)c1ccc2c(c1)CN(C(=O)c1ccccc1S(C)(=O)=O)CC2. The van der Waals surface area contributed by atoms with E-state index in [1.165, 1.54) is 11.6 Å². The summed E-state index contributed by atoms with van der Waals surface area (Å²) in [6.07, 6.45) is 1.91. The molecule has 0 unspecified atom stereocenters. The van der Waals surface area contributed by atoms with Crippen molar-refractivity contribution < 1.29 is 13.2 Å². The summed E-state index contributed by atoms with van der Waals surface area (Å²) in [4.78, 5) is 16.8. The van der Waals surface area contributed by atoms with Gasteiger partial charge >= 0.3 is 0 Å². The molecule has 1 aliphatic rings. The Hall–Kier alpha value is -2.34. The molecule has 1 amide bonds. The zero-order valence-electron chi connectivity index (χ0n) is 14.7. The quantitative estimate of drug-likeness (QED) is 0.845. The predicted octanol–water partition coefficient (Wildman–Crippen LogP) is 2.35. The summed E-state index contributed by atoms with van der Waals surface area (Å²) in [5, 5.41) is 0. The van der Waals surface area contributed by atoms with Crippen LogP contribution in [0.25, 0.3) is 0 Å². The van der Waals surface area contributed by atoms with Gasteiger partial charge < -0.3 is 9.80 Å². The molecule has 2 aromatic carbocycles. The summed E-state index contributed by atoms with van der Waals surface area (Å²) in [7, 11) is 0.514. The highest BCUT2D eigenvalue weighted by atomic mass is 32.2. The van der Waals surface area contributed by atoms with Gasteiger partial charge in [-0.15, -0.1) is 0 Å². The molecule has 0 atom stereocenters. The van der Waals surface area contributed by atoms with Crippen LogP contribution in [0, 0.1) is 0 Å². The zero-order chi connectivity index (χ0) is 18.2. The average molecular weight is 358 g/mol. The van der Waals surface area contributed by atoms with Gasteiger partial charge in [-0.05, 0) is 41.8 Å². The third-order valence-corrected chi connectivity index (χ3v) is 5.68. The fourth-order valence-electron chi connectivity index (χ4n) is 3.13. The minimum absolute atomic E-state index is 0.0906. The van der Waals surface area contributed by atoms with Gasteiger partial charge in [-0.1, -0.05) is 18.2 Å². The standard InChI is InChI=1S/C19H22N2O3S/c1-20(2)16-9-8-14-10-11-21(13-15(14)12-16)19(22)17-6-4-5-7-18(17)25(3,23)24/h4-9,12H,10-11,13H2,1-3H3. The van der Waals surface area contributed by atoms with Gasteiger partial charge in [-0.3, -0.25) is 4.79 Å². The lowest BCUT2D eigenvalue weighted by Gasteiger charge is -2.30. The minimum atomic E-state index is -3.45. The van der Waals surface area contributed by atoms with E-state index in [0.29, 0.717) is 13.1 Å². The molecule has 0 bridgehead atoms.